The Labute approximate surface area is 65.4 Å². The molecular formula is C7H8BNO2. The first-order valence-corrected chi connectivity index (χ1v) is 3.49. The number of allylic oxidation sites excluding steroid dienone is 2. The van der Waals surface area contributed by atoms with Crippen LogP contribution in [0.4, 0.5) is 0 Å². The van der Waals surface area contributed by atoms with E-state index in [2.05, 4.69) is 0 Å². The molecule has 3 nitrogen and oxygen atoms in total. The molecule has 0 saturated carbocycles. The van der Waals surface area contributed by atoms with Crippen LogP contribution < -0.4 is 0 Å². The Bertz CT molecular complexity index is 264. The van der Waals surface area contributed by atoms with Crippen LogP contribution in [0, 0.1) is 11.2 Å². The molecule has 0 atom stereocenters. The first-order chi connectivity index (χ1) is 5.16. The molecule has 0 bridgehead atoms. The molecule has 4 heteroatoms. The second-order valence-corrected chi connectivity index (χ2v) is 2.66. The van der Waals surface area contributed by atoms with Crippen molar-refractivity contribution in [2.45, 2.75) is 19.7 Å². The second-order valence-electron chi connectivity index (χ2n) is 2.66. The van der Waals surface area contributed by atoms with Crippen molar-refractivity contribution < 1.29 is 9.90 Å². The summed E-state index contributed by atoms with van der Waals surface area (Å²) in [7, 11) is 0. The molecule has 1 heterocycles. The topological polar surface area (TPSA) is 61.1 Å². The van der Waals surface area contributed by atoms with E-state index in [9.17, 15) is 4.79 Å². The smallest absolute Gasteiger partial charge is 0.350 e. The fraction of sp³-hybridized carbons (Fsp3) is 0.429. The lowest BCUT2D eigenvalue weighted by atomic mass is 9.42. The largest absolute Gasteiger partial charge is 0.512 e. The Kier molecular flexibility index (Phi) is 1.99. The van der Waals surface area contributed by atoms with E-state index in [1.54, 1.807) is 6.92 Å². The maximum atomic E-state index is 11.1. The van der Waals surface area contributed by atoms with Crippen molar-refractivity contribution >= 4 is 12.4 Å². The van der Waals surface area contributed by atoms with Crippen LogP contribution >= 0.6 is 0 Å². The van der Waals surface area contributed by atoms with Crippen LogP contribution in [0.3, 0.4) is 0 Å². The number of nitriles is 1. The molecule has 0 aromatic carbocycles. The number of aliphatic hydroxyl groups is 1. The number of carbonyl (C=O) groups excluding carboxylic acids is 1. The summed E-state index contributed by atoms with van der Waals surface area (Å²) >= 11 is 0. The van der Waals surface area contributed by atoms with Gasteiger partial charge in [0, 0.05) is 18.0 Å². The summed E-state index contributed by atoms with van der Waals surface area (Å²) in [4.78, 5) is 11.1. The lowest BCUT2D eigenvalue weighted by Gasteiger charge is -2.12. The van der Waals surface area contributed by atoms with E-state index in [0.29, 0.717) is 18.3 Å². The Hall–Kier alpha value is -1.24. The summed E-state index contributed by atoms with van der Waals surface area (Å²) in [5.41, 5.74) is 0.124. The van der Waals surface area contributed by atoms with E-state index >= 15 is 0 Å². The van der Waals surface area contributed by atoms with Crippen LogP contribution in [0.1, 0.15) is 13.3 Å². The highest BCUT2D eigenvalue weighted by Crippen LogP contribution is 2.19. The molecule has 56 valence electrons. The molecule has 0 saturated heterocycles. The van der Waals surface area contributed by atoms with Crippen molar-refractivity contribution in [2.24, 2.45) is 0 Å². The quantitative estimate of drug-likeness (QED) is 0.520. The SMILES string of the molecule is CC1=C(O)CCB(C#N)C1=O. The molecule has 0 amide bonds. The molecule has 0 radical (unpaired) electrons. The van der Waals surface area contributed by atoms with Gasteiger partial charge in [0.15, 0.2) is 0 Å². The molecule has 0 aliphatic carbocycles. The zero-order valence-electron chi connectivity index (χ0n) is 6.29. The van der Waals surface area contributed by atoms with Gasteiger partial charge in [0.05, 0.1) is 5.76 Å². The summed E-state index contributed by atoms with van der Waals surface area (Å²) in [5, 5.41) is 17.6. The van der Waals surface area contributed by atoms with Gasteiger partial charge in [0.1, 0.15) is 5.68 Å². The molecule has 1 aliphatic heterocycles. The van der Waals surface area contributed by atoms with Crippen LogP contribution in [0.15, 0.2) is 11.3 Å². The van der Waals surface area contributed by atoms with Gasteiger partial charge < -0.3 is 9.90 Å². The van der Waals surface area contributed by atoms with Crippen LogP contribution in [-0.4, -0.2) is 17.5 Å². The van der Waals surface area contributed by atoms with Gasteiger partial charge in [-0.05, 0) is 13.2 Å². The van der Waals surface area contributed by atoms with Crippen LogP contribution in [-0.2, 0) is 4.79 Å². The number of nitrogens with zero attached hydrogens (tertiary/aromatic N) is 1. The van der Waals surface area contributed by atoms with Crippen molar-refractivity contribution in [3.8, 4) is 5.97 Å². The van der Waals surface area contributed by atoms with Gasteiger partial charge in [-0.1, -0.05) is 0 Å². The Balaban J connectivity index is 2.92. The minimum Gasteiger partial charge on any atom is -0.512 e. The van der Waals surface area contributed by atoms with E-state index in [1.165, 1.54) is 0 Å². The highest BCUT2D eigenvalue weighted by molar-refractivity contribution is 6.98. The number of rotatable bonds is 0. The van der Waals surface area contributed by atoms with Crippen LogP contribution in [0.5, 0.6) is 0 Å². The molecule has 0 aromatic rings. The number of hydrogen-bond donors (Lipinski definition) is 1. The highest BCUT2D eigenvalue weighted by atomic mass is 16.3. The normalized spacial score (nSPS) is 18.5. The Morgan fingerprint density at radius 2 is 2.36 bits per heavy atom. The maximum Gasteiger partial charge on any atom is 0.350 e. The van der Waals surface area contributed by atoms with Gasteiger partial charge in [-0.2, -0.15) is 0 Å². The Morgan fingerprint density at radius 1 is 1.73 bits per heavy atom. The molecule has 0 spiro atoms. The predicted molar refractivity (Wildman–Crippen MR) is 41.1 cm³/mol. The van der Waals surface area contributed by atoms with Crippen molar-refractivity contribution in [1.29, 1.82) is 5.26 Å². The third-order valence-corrected chi connectivity index (χ3v) is 1.94. The average Bonchev–Trinajstić information content (AvgIpc) is 2.01. The third-order valence-electron chi connectivity index (χ3n) is 1.94. The van der Waals surface area contributed by atoms with Gasteiger partial charge in [0.25, 0.3) is 0 Å². The maximum absolute atomic E-state index is 11.1. The molecule has 0 aromatic heterocycles. The molecule has 0 unspecified atom stereocenters. The van der Waals surface area contributed by atoms with Crippen LogP contribution in [0.25, 0.3) is 0 Å². The first-order valence-electron chi connectivity index (χ1n) is 3.49. The second kappa shape index (κ2) is 2.79. The number of carbonyl (C=O) groups is 1. The summed E-state index contributed by atoms with van der Waals surface area (Å²) in [6, 6.07) is 0. The third kappa shape index (κ3) is 1.27. The number of aliphatic hydroxyl groups excluding tert-OH is 1. The molecule has 0 fully saturated rings. The summed E-state index contributed by atoms with van der Waals surface area (Å²) in [5.74, 6) is 2.05. The van der Waals surface area contributed by atoms with Gasteiger partial charge in [-0.25, -0.2) is 5.26 Å². The van der Waals surface area contributed by atoms with Gasteiger partial charge in [-0.15, -0.1) is 0 Å². The minimum atomic E-state index is -0.536. The number of hydrogen-bond acceptors (Lipinski definition) is 3. The molecule has 1 N–H and O–H groups in total. The Morgan fingerprint density at radius 3 is 2.91 bits per heavy atom. The van der Waals surface area contributed by atoms with Gasteiger partial charge in [-0.3, -0.25) is 0 Å². The molecule has 1 aliphatic rings. The predicted octanol–water partition coefficient (Wildman–Crippen LogP) is 0.888. The van der Waals surface area contributed by atoms with E-state index < -0.39 is 6.71 Å². The van der Waals surface area contributed by atoms with Crippen molar-refractivity contribution in [3.63, 3.8) is 0 Å². The lowest BCUT2D eigenvalue weighted by Crippen LogP contribution is -2.29. The van der Waals surface area contributed by atoms with E-state index in [4.69, 9.17) is 10.4 Å². The zero-order chi connectivity index (χ0) is 8.43. The van der Waals surface area contributed by atoms with Gasteiger partial charge >= 0.3 is 6.71 Å². The fourth-order valence-corrected chi connectivity index (χ4v) is 1.13. The zero-order valence-corrected chi connectivity index (χ0v) is 6.29. The van der Waals surface area contributed by atoms with Crippen molar-refractivity contribution in [1.82, 2.24) is 0 Å². The summed E-state index contributed by atoms with van der Waals surface area (Å²) < 4.78 is 0. The standard InChI is InChI=1S/C7H8BNO2/c1-5-6(10)2-3-8(4-9)7(5)11/h10H,2-3H2,1H3. The van der Waals surface area contributed by atoms with Crippen molar-refractivity contribution in [3.05, 3.63) is 11.3 Å². The first kappa shape index (κ1) is 7.87. The summed E-state index contributed by atoms with van der Waals surface area (Å²) in [6.07, 6.45) is 0.911. The van der Waals surface area contributed by atoms with Gasteiger partial charge in [0.2, 0.25) is 0 Å². The molecule has 11 heavy (non-hydrogen) atoms. The molecule has 1 rings (SSSR count). The summed E-state index contributed by atoms with van der Waals surface area (Å²) in [6.45, 7) is 1.02. The monoisotopic (exact) mass is 149 g/mol. The molecular weight excluding hydrogens is 141 g/mol. The van der Waals surface area contributed by atoms with E-state index in [0.717, 1.165) is 0 Å². The van der Waals surface area contributed by atoms with Crippen molar-refractivity contribution in [2.75, 3.05) is 0 Å². The van der Waals surface area contributed by atoms with E-state index in [-0.39, 0.29) is 11.4 Å². The minimum absolute atomic E-state index is 0.140. The van der Waals surface area contributed by atoms with E-state index in [1.807, 2.05) is 5.97 Å². The van der Waals surface area contributed by atoms with Crippen LogP contribution in [0.2, 0.25) is 6.32 Å². The lowest BCUT2D eigenvalue weighted by molar-refractivity contribution is -0.109. The average molecular weight is 149 g/mol. The fourth-order valence-electron chi connectivity index (χ4n) is 1.13. The highest BCUT2D eigenvalue weighted by Gasteiger charge is 2.30.